The van der Waals surface area contributed by atoms with Gasteiger partial charge in [0, 0.05) is 15.4 Å². The van der Waals surface area contributed by atoms with Gasteiger partial charge < -0.3 is 5.32 Å². The minimum absolute atomic E-state index is 0.0562. The summed E-state index contributed by atoms with van der Waals surface area (Å²) in [4.78, 5) is 11.7. The van der Waals surface area contributed by atoms with Crippen molar-refractivity contribution >= 4 is 49.1 Å². The molecule has 1 amide bonds. The summed E-state index contributed by atoms with van der Waals surface area (Å²) in [5.41, 5.74) is 0.743. The summed E-state index contributed by atoms with van der Waals surface area (Å²) in [6.45, 7) is 0. The molecule has 1 saturated heterocycles. The standard InChI is InChI=1S/C12H14BrNO3S2/c13-9-1-3-10(4-2-9)14-12(15)7-18-11-5-6-19(16,17)8-11/h1-4,11H,5-8H2,(H,14,15)/t11-/m0/s1. The van der Waals surface area contributed by atoms with Crippen LogP contribution < -0.4 is 5.32 Å². The molecule has 2 rings (SSSR count). The molecule has 0 aromatic heterocycles. The number of nitrogens with one attached hydrogen (secondary N) is 1. The number of rotatable bonds is 4. The number of sulfone groups is 1. The van der Waals surface area contributed by atoms with Gasteiger partial charge >= 0.3 is 0 Å². The van der Waals surface area contributed by atoms with E-state index in [1.807, 2.05) is 24.3 Å². The smallest absolute Gasteiger partial charge is 0.234 e. The molecule has 104 valence electrons. The zero-order chi connectivity index (χ0) is 13.9. The van der Waals surface area contributed by atoms with Crippen molar-refractivity contribution in [3.63, 3.8) is 0 Å². The van der Waals surface area contributed by atoms with Gasteiger partial charge in [0.2, 0.25) is 5.91 Å². The van der Waals surface area contributed by atoms with Crippen LogP contribution in [-0.2, 0) is 14.6 Å². The van der Waals surface area contributed by atoms with Crippen LogP contribution in [0.3, 0.4) is 0 Å². The Morgan fingerprint density at radius 2 is 2.05 bits per heavy atom. The predicted octanol–water partition coefficient (Wildman–Crippen LogP) is 2.31. The third-order valence-electron chi connectivity index (χ3n) is 2.77. The Bertz CT molecular complexity index is 557. The van der Waals surface area contributed by atoms with Crippen LogP contribution in [-0.4, -0.2) is 36.8 Å². The Morgan fingerprint density at radius 1 is 1.37 bits per heavy atom. The number of halogens is 1. The van der Waals surface area contributed by atoms with Gasteiger partial charge in [-0.2, -0.15) is 0 Å². The SMILES string of the molecule is O=C(CS[C@H]1CCS(=O)(=O)C1)Nc1ccc(Br)cc1. The molecule has 1 atom stereocenters. The quantitative estimate of drug-likeness (QED) is 0.891. The van der Waals surface area contributed by atoms with Crippen molar-refractivity contribution in [1.29, 1.82) is 0 Å². The van der Waals surface area contributed by atoms with Gasteiger partial charge in [-0.3, -0.25) is 4.79 Å². The van der Waals surface area contributed by atoms with Crippen molar-refractivity contribution in [3.8, 4) is 0 Å². The Morgan fingerprint density at radius 3 is 2.63 bits per heavy atom. The third kappa shape index (κ3) is 4.81. The summed E-state index contributed by atoms with van der Waals surface area (Å²) in [5.74, 6) is 0.634. The molecule has 0 aliphatic carbocycles. The van der Waals surface area contributed by atoms with Gasteiger partial charge in [-0.1, -0.05) is 15.9 Å². The summed E-state index contributed by atoms with van der Waals surface area (Å²) in [6, 6.07) is 7.33. The van der Waals surface area contributed by atoms with Crippen LogP contribution >= 0.6 is 27.7 Å². The molecule has 1 aliphatic heterocycles. The fraction of sp³-hybridized carbons (Fsp3) is 0.417. The van der Waals surface area contributed by atoms with Crippen molar-refractivity contribution in [2.75, 3.05) is 22.6 Å². The van der Waals surface area contributed by atoms with Crippen LogP contribution in [0.5, 0.6) is 0 Å². The normalized spacial score (nSPS) is 21.2. The van der Waals surface area contributed by atoms with Crippen LogP contribution in [0.25, 0.3) is 0 Å². The molecule has 1 heterocycles. The fourth-order valence-electron chi connectivity index (χ4n) is 1.82. The number of anilines is 1. The molecule has 0 saturated carbocycles. The largest absolute Gasteiger partial charge is 0.325 e. The molecule has 1 aliphatic rings. The van der Waals surface area contributed by atoms with E-state index in [0.717, 1.165) is 10.2 Å². The van der Waals surface area contributed by atoms with E-state index < -0.39 is 9.84 Å². The van der Waals surface area contributed by atoms with Gasteiger partial charge in [0.05, 0.1) is 17.3 Å². The summed E-state index contributed by atoms with van der Waals surface area (Å²) < 4.78 is 23.5. The van der Waals surface area contributed by atoms with Crippen LogP contribution in [0.1, 0.15) is 6.42 Å². The van der Waals surface area contributed by atoms with Gasteiger partial charge in [0.15, 0.2) is 9.84 Å². The second-order valence-electron chi connectivity index (χ2n) is 4.39. The summed E-state index contributed by atoms with van der Waals surface area (Å²) in [7, 11) is -2.86. The molecule has 4 nitrogen and oxygen atoms in total. The summed E-state index contributed by atoms with van der Waals surface area (Å²) in [6.07, 6.45) is 0.651. The van der Waals surface area contributed by atoms with E-state index in [2.05, 4.69) is 21.2 Å². The monoisotopic (exact) mass is 363 g/mol. The van der Waals surface area contributed by atoms with Crippen LogP contribution in [0.2, 0.25) is 0 Å². The average Bonchev–Trinajstić information content (AvgIpc) is 2.69. The topological polar surface area (TPSA) is 63.2 Å². The highest BCUT2D eigenvalue weighted by atomic mass is 79.9. The van der Waals surface area contributed by atoms with Crippen molar-refractivity contribution in [3.05, 3.63) is 28.7 Å². The van der Waals surface area contributed by atoms with E-state index in [9.17, 15) is 13.2 Å². The molecule has 0 bridgehead atoms. The van der Waals surface area contributed by atoms with Crippen molar-refractivity contribution in [1.82, 2.24) is 0 Å². The van der Waals surface area contributed by atoms with Gasteiger partial charge in [-0.25, -0.2) is 8.42 Å². The van der Waals surface area contributed by atoms with Gasteiger partial charge in [0.25, 0.3) is 0 Å². The fourth-order valence-corrected chi connectivity index (χ4v) is 5.52. The number of carbonyl (C=O) groups excluding carboxylic acids is 1. The Hall–Kier alpha value is -0.530. The molecule has 7 heteroatoms. The number of carbonyl (C=O) groups is 1. The first-order chi connectivity index (χ1) is 8.94. The molecule has 0 spiro atoms. The lowest BCUT2D eigenvalue weighted by Crippen LogP contribution is -2.17. The highest BCUT2D eigenvalue weighted by Crippen LogP contribution is 2.24. The maximum Gasteiger partial charge on any atom is 0.234 e. The van der Waals surface area contributed by atoms with Crippen LogP contribution in [0.15, 0.2) is 28.7 Å². The van der Waals surface area contributed by atoms with E-state index in [1.165, 1.54) is 11.8 Å². The lowest BCUT2D eigenvalue weighted by Gasteiger charge is -2.08. The van der Waals surface area contributed by atoms with Crippen LogP contribution in [0.4, 0.5) is 5.69 Å². The number of hydrogen-bond acceptors (Lipinski definition) is 4. The minimum atomic E-state index is -2.86. The highest BCUT2D eigenvalue weighted by molar-refractivity contribution is 9.10. The second-order valence-corrected chi connectivity index (χ2v) is 8.82. The maximum absolute atomic E-state index is 11.7. The Balaban J connectivity index is 1.78. The Labute approximate surface area is 125 Å². The molecule has 1 N–H and O–H groups in total. The predicted molar refractivity (Wildman–Crippen MR) is 82.3 cm³/mol. The summed E-state index contributed by atoms with van der Waals surface area (Å²) in [5, 5.41) is 2.84. The molecule has 0 radical (unpaired) electrons. The molecular formula is C12H14BrNO3S2. The van der Waals surface area contributed by atoms with Gasteiger partial charge in [-0.05, 0) is 30.7 Å². The zero-order valence-corrected chi connectivity index (χ0v) is 13.4. The zero-order valence-electron chi connectivity index (χ0n) is 10.1. The number of hydrogen-bond donors (Lipinski definition) is 1. The number of benzene rings is 1. The molecule has 1 aromatic rings. The lowest BCUT2D eigenvalue weighted by molar-refractivity contribution is -0.113. The minimum Gasteiger partial charge on any atom is -0.325 e. The number of thioether (sulfide) groups is 1. The Kier molecular flexibility index (Phi) is 4.92. The molecule has 1 fully saturated rings. The molecule has 0 unspecified atom stereocenters. The van der Waals surface area contributed by atoms with Gasteiger partial charge in [-0.15, -0.1) is 11.8 Å². The molecule has 19 heavy (non-hydrogen) atoms. The number of amides is 1. The van der Waals surface area contributed by atoms with E-state index >= 15 is 0 Å². The first-order valence-corrected chi connectivity index (χ1v) is 9.48. The third-order valence-corrected chi connectivity index (χ3v) is 6.58. The van der Waals surface area contributed by atoms with E-state index in [-0.39, 0.29) is 28.4 Å². The van der Waals surface area contributed by atoms with Crippen molar-refractivity contribution in [2.24, 2.45) is 0 Å². The van der Waals surface area contributed by atoms with Crippen LogP contribution in [0, 0.1) is 0 Å². The van der Waals surface area contributed by atoms with E-state index in [0.29, 0.717) is 6.42 Å². The first kappa shape index (κ1) is 14.9. The average molecular weight is 364 g/mol. The van der Waals surface area contributed by atoms with E-state index in [1.54, 1.807) is 0 Å². The maximum atomic E-state index is 11.7. The first-order valence-electron chi connectivity index (χ1n) is 5.82. The highest BCUT2D eigenvalue weighted by Gasteiger charge is 2.28. The molecular weight excluding hydrogens is 350 g/mol. The van der Waals surface area contributed by atoms with Gasteiger partial charge in [0.1, 0.15) is 0 Å². The van der Waals surface area contributed by atoms with Crippen molar-refractivity contribution < 1.29 is 13.2 Å². The second kappa shape index (κ2) is 6.28. The summed E-state index contributed by atoms with van der Waals surface area (Å²) >= 11 is 4.74. The molecule has 1 aromatic carbocycles. The van der Waals surface area contributed by atoms with E-state index in [4.69, 9.17) is 0 Å². The lowest BCUT2D eigenvalue weighted by atomic mass is 10.3. The van der Waals surface area contributed by atoms with Crippen molar-refractivity contribution in [2.45, 2.75) is 11.7 Å².